The monoisotopic (exact) mass is 892 g/mol. The van der Waals surface area contributed by atoms with E-state index in [0.717, 1.165) is 22.3 Å². The average molecular weight is 893 g/mol. The van der Waals surface area contributed by atoms with Crippen molar-refractivity contribution in [2.45, 2.75) is 116 Å². The summed E-state index contributed by atoms with van der Waals surface area (Å²) in [5.41, 5.74) is 3.26. The molecule has 15 nitrogen and oxygen atoms in total. The van der Waals surface area contributed by atoms with Gasteiger partial charge in [-0.1, -0.05) is 149 Å². The van der Waals surface area contributed by atoms with E-state index in [1.165, 1.54) is 13.8 Å². The van der Waals surface area contributed by atoms with Crippen LogP contribution in [0.5, 0.6) is 0 Å². The van der Waals surface area contributed by atoms with Gasteiger partial charge in [0, 0.05) is 6.04 Å². The molecule has 7 N–H and O–H groups in total. The van der Waals surface area contributed by atoms with Gasteiger partial charge in [0.15, 0.2) is 0 Å². The molecule has 65 heavy (non-hydrogen) atoms. The number of aliphatic hydroxyl groups is 1. The number of alkyl carbamates (subject to hydrolysis) is 2. The molecule has 0 radical (unpaired) electrons. The van der Waals surface area contributed by atoms with Crippen LogP contribution in [0.4, 0.5) is 9.59 Å². The van der Waals surface area contributed by atoms with Gasteiger partial charge < -0.3 is 46.5 Å². The number of rotatable bonds is 23. The van der Waals surface area contributed by atoms with Gasteiger partial charge in [0.25, 0.3) is 0 Å². The Labute approximate surface area is 381 Å². The van der Waals surface area contributed by atoms with Crippen molar-refractivity contribution < 1.29 is 43.3 Å². The van der Waals surface area contributed by atoms with Crippen molar-refractivity contribution in [3.05, 3.63) is 144 Å². The van der Waals surface area contributed by atoms with Gasteiger partial charge in [-0.15, -0.1) is 0 Å². The molecule has 0 aromatic heterocycles. The molecule has 7 atom stereocenters. The molecule has 0 saturated carbocycles. The SMILES string of the molecule is CC(C)[C@H](NC(=O)[C@H](C)NC(=O)OCc1ccccc1)C(=O)N[C@@H](Cc1ccccc1)C[C@H](O)[C@H](Cc1ccccc1)NC(=O)[C@@H](NC(=O)[C@H](C)NC(=O)OCc1ccccc1)C(C)C. The topological polar surface area (TPSA) is 213 Å². The number of nitrogens with one attached hydrogen (secondary N) is 6. The van der Waals surface area contributed by atoms with Crippen LogP contribution < -0.4 is 31.9 Å². The Kier molecular flexibility index (Phi) is 20.5. The molecule has 0 bridgehead atoms. The number of benzene rings is 4. The third-order valence-electron chi connectivity index (χ3n) is 10.7. The van der Waals surface area contributed by atoms with E-state index in [0.29, 0.717) is 6.42 Å². The molecule has 348 valence electrons. The normalized spacial score (nSPS) is 14.3. The van der Waals surface area contributed by atoms with Crippen LogP contribution in [0.15, 0.2) is 121 Å². The molecular formula is C50H64N6O9. The standard InChI is InChI=1S/C50H64N6O9/c1-32(2)43(55-45(58)34(5)51-49(62)64-30-38-23-15-9-16-24-38)47(60)53-40(27-36-19-11-7-12-20-36)29-42(57)41(28-37-21-13-8-14-22-37)54-48(61)44(33(3)4)56-46(59)35(6)52-50(63)65-31-39-25-17-10-18-26-39/h7-26,32-35,40-44,57H,27-31H2,1-6H3,(H,51,62)(H,52,63)(H,53,60)(H,54,61)(H,55,58)(H,56,59)/t34-,35-,40-,41-,42-,43-,44-/m0/s1. The van der Waals surface area contributed by atoms with Crippen LogP contribution >= 0.6 is 0 Å². The largest absolute Gasteiger partial charge is 0.445 e. The van der Waals surface area contributed by atoms with Crippen molar-refractivity contribution in [1.29, 1.82) is 0 Å². The van der Waals surface area contributed by atoms with Crippen LogP contribution in [0.3, 0.4) is 0 Å². The molecule has 4 rings (SSSR count). The first kappa shape index (κ1) is 50.9. The Morgan fingerprint density at radius 1 is 0.446 bits per heavy atom. The van der Waals surface area contributed by atoms with Crippen molar-refractivity contribution in [2.24, 2.45) is 11.8 Å². The van der Waals surface area contributed by atoms with Crippen molar-refractivity contribution in [2.75, 3.05) is 0 Å². The summed E-state index contributed by atoms with van der Waals surface area (Å²) in [5.74, 6) is -3.02. The molecule has 0 aliphatic carbocycles. The zero-order valence-corrected chi connectivity index (χ0v) is 38.0. The van der Waals surface area contributed by atoms with Gasteiger partial charge in [-0.25, -0.2) is 9.59 Å². The van der Waals surface area contributed by atoms with Crippen molar-refractivity contribution in [1.82, 2.24) is 31.9 Å². The highest BCUT2D eigenvalue weighted by Crippen LogP contribution is 2.16. The third-order valence-corrected chi connectivity index (χ3v) is 10.7. The maximum absolute atomic E-state index is 14.1. The van der Waals surface area contributed by atoms with Crippen LogP contribution in [0.1, 0.15) is 70.2 Å². The van der Waals surface area contributed by atoms with Gasteiger partial charge in [-0.2, -0.15) is 0 Å². The van der Waals surface area contributed by atoms with E-state index in [2.05, 4.69) is 31.9 Å². The molecule has 0 aliphatic heterocycles. The maximum Gasteiger partial charge on any atom is 0.408 e. The fraction of sp³-hybridized carbons (Fsp3) is 0.400. The molecular weight excluding hydrogens is 829 g/mol. The minimum atomic E-state index is -1.21. The third kappa shape index (κ3) is 17.7. The van der Waals surface area contributed by atoms with Gasteiger partial charge in [0.1, 0.15) is 37.4 Å². The first-order valence-electron chi connectivity index (χ1n) is 22.0. The summed E-state index contributed by atoms with van der Waals surface area (Å²) >= 11 is 0. The lowest BCUT2D eigenvalue weighted by Crippen LogP contribution is -2.58. The average Bonchev–Trinajstić information content (AvgIpc) is 3.29. The molecule has 4 aromatic rings. The number of aliphatic hydroxyl groups excluding tert-OH is 1. The second-order valence-electron chi connectivity index (χ2n) is 16.8. The highest BCUT2D eigenvalue weighted by molar-refractivity contribution is 5.92. The first-order chi connectivity index (χ1) is 31.1. The Balaban J connectivity index is 1.45. The van der Waals surface area contributed by atoms with Crippen LogP contribution in [-0.4, -0.2) is 83.3 Å². The molecule has 0 spiro atoms. The van der Waals surface area contributed by atoms with E-state index in [-0.39, 0.29) is 32.0 Å². The minimum absolute atomic E-state index is 0.00680. The van der Waals surface area contributed by atoms with E-state index in [1.807, 2.05) is 97.1 Å². The fourth-order valence-electron chi connectivity index (χ4n) is 6.90. The number of carbonyl (C=O) groups excluding carboxylic acids is 6. The molecule has 0 unspecified atom stereocenters. The summed E-state index contributed by atoms with van der Waals surface area (Å²) in [4.78, 5) is 79.8. The van der Waals surface area contributed by atoms with Crippen molar-refractivity contribution in [3.8, 4) is 0 Å². The predicted molar refractivity (Wildman–Crippen MR) is 247 cm³/mol. The minimum Gasteiger partial charge on any atom is -0.445 e. The molecule has 6 amide bonds. The Hall–Kier alpha value is -6.74. The van der Waals surface area contributed by atoms with Crippen molar-refractivity contribution in [3.63, 3.8) is 0 Å². The van der Waals surface area contributed by atoms with E-state index >= 15 is 0 Å². The number of carbonyl (C=O) groups is 6. The fourth-order valence-corrected chi connectivity index (χ4v) is 6.90. The molecule has 0 aliphatic rings. The molecule has 0 fully saturated rings. The van der Waals surface area contributed by atoms with Gasteiger partial charge in [0.05, 0.1) is 12.1 Å². The molecule has 15 heteroatoms. The molecule has 0 heterocycles. The van der Waals surface area contributed by atoms with E-state index < -0.39 is 84.1 Å². The summed E-state index contributed by atoms with van der Waals surface area (Å²) in [5, 5.41) is 28.6. The highest BCUT2D eigenvalue weighted by Gasteiger charge is 2.34. The van der Waals surface area contributed by atoms with Crippen LogP contribution in [-0.2, 0) is 54.7 Å². The van der Waals surface area contributed by atoms with Gasteiger partial charge in [0.2, 0.25) is 23.6 Å². The second-order valence-corrected chi connectivity index (χ2v) is 16.8. The maximum atomic E-state index is 14.1. The van der Waals surface area contributed by atoms with E-state index in [4.69, 9.17) is 9.47 Å². The van der Waals surface area contributed by atoms with Crippen molar-refractivity contribution >= 4 is 35.8 Å². The Morgan fingerprint density at radius 3 is 1.18 bits per heavy atom. The summed E-state index contributed by atoms with van der Waals surface area (Å²) in [6, 6.07) is 31.2. The van der Waals surface area contributed by atoms with Crippen LogP contribution in [0.2, 0.25) is 0 Å². The summed E-state index contributed by atoms with van der Waals surface area (Å²) in [6.45, 7) is 10.1. The lowest BCUT2D eigenvalue weighted by Gasteiger charge is -2.32. The Bertz CT molecular complexity index is 2110. The van der Waals surface area contributed by atoms with Crippen LogP contribution in [0, 0.1) is 11.8 Å². The summed E-state index contributed by atoms with van der Waals surface area (Å²) < 4.78 is 10.5. The zero-order chi connectivity index (χ0) is 47.3. The summed E-state index contributed by atoms with van der Waals surface area (Å²) in [7, 11) is 0. The van der Waals surface area contributed by atoms with Gasteiger partial charge in [-0.05, 0) is 67.2 Å². The molecule has 0 saturated heterocycles. The quantitative estimate of drug-likeness (QED) is 0.0527. The number of amides is 6. The lowest BCUT2D eigenvalue weighted by atomic mass is 9.92. The smallest absolute Gasteiger partial charge is 0.408 e. The number of hydrogen-bond acceptors (Lipinski definition) is 9. The van der Waals surface area contributed by atoms with Gasteiger partial charge >= 0.3 is 12.2 Å². The predicted octanol–water partition coefficient (Wildman–Crippen LogP) is 5.10. The van der Waals surface area contributed by atoms with E-state index in [1.54, 1.807) is 52.0 Å². The summed E-state index contributed by atoms with van der Waals surface area (Å²) in [6.07, 6.45) is -2.28. The lowest BCUT2D eigenvalue weighted by molar-refractivity contribution is -0.132. The van der Waals surface area contributed by atoms with Gasteiger partial charge in [-0.3, -0.25) is 19.2 Å². The van der Waals surface area contributed by atoms with Crippen LogP contribution in [0.25, 0.3) is 0 Å². The molecule has 4 aromatic carbocycles. The number of hydrogen-bond donors (Lipinski definition) is 7. The van der Waals surface area contributed by atoms with E-state index in [9.17, 15) is 33.9 Å². The second kappa shape index (κ2) is 26.1. The first-order valence-corrected chi connectivity index (χ1v) is 22.0. The Morgan fingerprint density at radius 2 is 0.800 bits per heavy atom. The number of ether oxygens (including phenoxy) is 2. The highest BCUT2D eigenvalue weighted by atomic mass is 16.6. The zero-order valence-electron chi connectivity index (χ0n) is 38.0.